The number of pyridine rings is 1. The lowest BCUT2D eigenvalue weighted by Gasteiger charge is -2.13. The van der Waals surface area contributed by atoms with Gasteiger partial charge in [-0.1, -0.05) is 0 Å². The normalized spacial score (nSPS) is 15.6. The van der Waals surface area contributed by atoms with E-state index in [1.54, 1.807) is 23.1 Å². The van der Waals surface area contributed by atoms with Gasteiger partial charge in [-0.3, -0.25) is 4.79 Å². The van der Waals surface area contributed by atoms with Gasteiger partial charge in [0.2, 0.25) is 0 Å². The molecule has 2 heterocycles. The smallest absolute Gasteiger partial charge is 0.292 e. The van der Waals surface area contributed by atoms with E-state index in [4.69, 9.17) is 0 Å². The van der Waals surface area contributed by atoms with E-state index >= 15 is 0 Å². The molecule has 0 unspecified atom stereocenters. The van der Waals surface area contributed by atoms with Crippen molar-refractivity contribution in [1.82, 2.24) is 4.90 Å². The maximum absolute atomic E-state index is 11.7. The van der Waals surface area contributed by atoms with Gasteiger partial charge in [-0.2, -0.15) is 4.73 Å². The summed E-state index contributed by atoms with van der Waals surface area (Å²) in [5.41, 5.74) is 0. The first-order valence-corrected chi connectivity index (χ1v) is 5.74. The summed E-state index contributed by atoms with van der Waals surface area (Å²) >= 11 is 1.00. The second kappa shape index (κ2) is 4.53. The van der Waals surface area contributed by atoms with Crippen molar-refractivity contribution < 1.29 is 9.52 Å². The zero-order valence-electron chi connectivity index (χ0n) is 8.26. The molecule has 1 aromatic heterocycles. The molecule has 0 saturated carbocycles. The molecule has 0 atom stereocenters. The minimum Gasteiger partial charge on any atom is -0.618 e. The number of thioether (sulfide) groups is 1. The molecule has 5 heteroatoms. The third-order valence-electron chi connectivity index (χ3n) is 2.34. The van der Waals surface area contributed by atoms with Crippen LogP contribution < -0.4 is 4.73 Å². The van der Waals surface area contributed by atoms with E-state index in [1.165, 1.54) is 6.20 Å². The summed E-state index contributed by atoms with van der Waals surface area (Å²) in [4.78, 5) is 13.5. The van der Waals surface area contributed by atoms with E-state index in [0.29, 0.717) is 5.03 Å². The second-order valence-corrected chi connectivity index (χ2v) is 4.40. The molecule has 1 aliphatic heterocycles. The Kier molecular flexibility index (Phi) is 3.11. The highest BCUT2D eigenvalue weighted by atomic mass is 32.2. The summed E-state index contributed by atoms with van der Waals surface area (Å²) in [6, 6.07) is 5.07. The number of rotatable bonds is 1. The minimum absolute atomic E-state index is 0.0247. The van der Waals surface area contributed by atoms with Crippen LogP contribution in [-0.4, -0.2) is 23.2 Å². The molecule has 0 spiro atoms. The van der Waals surface area contributed by atoms with Crippen LogP contribution in [0.5, 0.6) is 0 Å². The van der Waals surface area contributed by atoms with Crippen molar-refractivity contribution in [1.29, 1.82) is 0 Å². The standard InChI is InChI=1S/C10H12N2O2S/c13-10(11-6-3-4-7-11)15-9-5-1-2-8-12(9)14/h1-2,5,8H,3-4,6-7H2. The zero-order chi connectivity index (χ0) is 10.7. The fourth-order valence-corrected chi connectivity index (χ4v) is 2.33. The van der Waals surface area contributed by atoms with Crippen molar-refractivity contribution in [2.75, 3.05) is 13.1 Å². The summed E-state index contributed by atoms with van der Waals surface area (Å²) in [5.74, 6) is 0. The largest absolute Gasteiger partial charge is 0.618 e. The predicted octanol–water partition coefficient (Wildman–Crippen LogP) is 1.63. The Morgan fingerprint density at radius 2 is 2.13 bits per heavy atom. The van der Waals surface area contributed by atoms with Crippen LogP contribution in [0.1, 0.15) is 12.8 Å². The predicted molar refractivity (Wildman–Crippen MR) is 57.5 cm³/mol. The monoisotopic (exact) mass is 224 g/mol. The Labute approximate surface area is 92.5 Å². The zero-order valence-corrected chi connectivity index (χ0v) is 9.07. The maximum atomic E-state index is 11.7. The Morgan fingerprint density at radius 3 is 2.80 bits per heavy atom. The van der Waals surface area contributed by atoms with E-state index in [2.05, 4.69) is 0 Å². The number of hydrogen-bond donors (Lipinski definition) is 0. The highest BCUT2D eigenvalue weighted by Crippen LogP contribution is 2.20. The fourth-order valence-electron chi connectivity index (χ4n) is 1.55. The molecule has 0 N–H and O–H groups in total. The molecule has 1 aromatic rings. The van der Waals surface area contributed by atoms with Crippen LogP contribution in [0.4, 0.5) is 4.79 Å². The summed E-state index contributed by atoms with van der Waals surface area (Å²) in [5, 5.41) is 11.7. The van der Waals surface area contributed by atoms with Gasteiger partial charge in [0.05, 0.1) is 0 Å². The van der Waals surface area contributed by atoms with Crippen molar-refractivity contribution in [3.05, 3.63) is 29.6 Å². The minimum atomic E-state index is -0.0247. The van der Waals surface area contributed by atoms with Gasteiger partial charge in [0, 0.05) is 37.0 Å². The average molecular weight is 224 g/mol. The molecule has 80 valence electrons. The highest BCUT2D eigenvalue weighted by molar-refractivity contribution is 8.13. The third kappa shape index (κ3) is 2.41. The van der Waals surface area contributed by atoms with Crippen LogP contribution in [0.2, 0.25) is 0 Å². The summed E-state index contributed by atoms with van der Waals surface area (Å²) < 4.78 is 0.721. The highest BCUT2D eigenvalue weighted by Gasteiger charge is 2.21. The Bertz CT molecular complexity index is 364. The van der Waals surface area contributed by atoms with Gasteiger partial charge in [0.25, 0.3) is 10.3 Å². The van der Waals surface area contributed by atoms with E-state index in [9.17, 15) is 10.0 Å². The topological polar surface area (TPSA) is 47.2 Å². The molecule has 1 amide bonds. The van der Waals surface area contributed by atoms with E-state index in [0.717, 1.165) is 42.4 Å². The molecule has 0 aliphatic carbocycles. The van der Waals surface area contributed by atoms with Crippen LogP contribution >= 0.6 is 11.8 Å². The van der Waals surface area contributed by atoms with Crippen molar-refractivity contribution >= 4 is 17.0 Å². The lowest BCUT2D eigenvalue weighted by Crippen LogP contribution is -2.30. The van der Waals surface area contributed by atoms with Gasteiger partial charge in [0.1, 0.15) is 0 Å². The van der Waals surface area contributed by atoms with Gasteiger partial charge in [-0.15, -0.1) is 0 Å². The Balaban J connectivity index is 2.02. The number of nitrogens with zero attached hydrogens (tertiary/aromatic N) is 2. The van der Waals surface area contributed by atoms with Gasteiger partial charge in [-0.05, 0) is 18.9 Å². The molecule has 1 aliphatic rings. The van der Waals surface area contributed by atoms with Crippen molar-refractivity contribution in [3.8, 4) is 0 Å². The molecular formula is C10H12N2O2S. The molecule has 15 heavy (non-hydrogen) atoms. The van der Waals surface area contributed by atoms with Crippen molar-refractivity contribution in [3.63, 3.8) is 0 Å². The van der Waals surface area contributed by atoms with Crippen LogP contribution in [0.15, 0.2) is 29.4 Å². The van der Waals surface area contributed by atoms with E-state index < -0.39 is 0 Å². The van der Waals surface area contributed by atoms with Crippen LogP contribution in [-0.2, 0) is 0 Å². The molecule has 0 bridgehead atoms. The first kappa shape index (κ1) is 10.3. The summed E-state index contributed by atoms with van der Waals surface area (Å²) in [7, 11) is 0. The molecule has 0 radical (unpaired) electrons. The number of aromatic nitrogens is 1. The third-order valence-corrected chi connectivity index (χ3v) is 3.30. The first-order valence-electron chi connectivity index (χ1n) is 4.92. The second-order valence-electron chi connectivity index (χ2n) is 3.43. The van der Waals surface area contributed by atoms with Crippen LogP contribution in [0, 0.1) is 5.21 Å². The average Bonchev–Trinajstić information content (AvgIpc) is 2.74. The fraction of sp³-hybridized carbons (Fsp3) is 0.400. The molecule has 4 nitrogen and oxygen atoms in total. The van der Waals surface area contributed by atoms with Gasteiger partial charge >= 0.3 is 0 Å². The number of amides is 1. The molecule has 0 aromatic carbocycles. The Hall–Kier alpha value is -1.23. The lowest BCUT2D eigenvalue weighted by molar-refractivity contribution is -0.645. The number of hydrogen-bond acceptors (Lipinski definition) is 3. The molecule has 1 fully saturated rings. The van der Waals surface area contributed by atoms with Crippen molar-refractivity contribution in [2.24, 2.45) is 0 Å². The van der Waals surface area contributed by atoms with Gasteiger partial charge in [0.15, 0.2) is 6.20 Å². The quantitative estimate of drug-likeness (QED) is 0.414. The van der Waals surface area contributed by atoms with Crippen LogP contribution in [0.3, 0.4) is 0 Å². The van der Waals surface area contributed by atoms with Crippen LogP contribution in [0.25, 0.3) is 0 Å². The van der Waals surface area contributed by atoms with Crippen molar-refractivity contribution in [2.45, 2.75) is 17.9 Å². The molecule has 2 rings (SSSR count). The van der Waals surface area contributed by atoms with Gasteiger partial charge < -0.3 is 10.1 Å². The lowest BCUT2D eigenvalue weighted by atomic mass is 10.4. The summed E-state index contributed by atoms with van der Waals surface area (Å²) in [6.45, 7) is 1.63. The van der Waals surface area contributed by atoms with E-state index in [-0.39, 0.29) is 5.24 Å². The SMILES string of the molecule is O=C(Sc1cccc[n+]1[O-])N1CCCC1. The van der Waals surface area contributed by atoms with E-state index in [1.807, 2.05) is 0 Å². The number of likely N-dealkylation sites (tertiary alicyclic amines) is 1. The first-order chi connectivity index (χ1) is 7.27. The summed E-state index contributed by atoms with van der Waals surface area (Å²) in [6.07, 6.45) is 3.54. The Morgan fingerprint density at radius 1 is 1.40 bits per heavy atom. The van der Waals surface area contributed by atoms with Gasteiger partial charge in [-0.25, -0.2) is 0 Å². The maximum Gasteiger partial charge on any atom is 0.292 e. The number of carbonyl (C=O) groups is 1. The molecule has 1 saturated heterocycles. The molecular weight excluding hydrogens is 212 g/mol. The number of carbonyl (C=O) groups excluding carboxylic acids is 1.